The Balaban J connectivity index is 1.69. The number of aromatic nitrogens is 4. The van der Waals surface area contributed by atoms with Crippen LogP contribution < -0.4 is 15.4 Å². The number of nitrogens with zero attached hydrogens (tertiary/aromatic N) is 6. The lowest BCUT2D eigenvalue weighted by atomic mass is 10.1. The highest BCUT2D eigenvalue weighted by atomic mass is 16.1. The average Bonchev–Trinajstić information content (AvgIpc) is 2.57. The fraction of sp³-hybridized carbons (Fsp3) is 0.500. The maximum absolute atomic E-state index is 11.7. The van der Waals surface area contributed by atoms with Crippen molar-refractivity contribution in [2.75, 3.05) is 36.0 Å². The van der Waals surface area contributed by atoms with Gasteiger partial charge in [-0.2, -0.15) is 0 Å². The van der Waals surface area contributed by atoms with Crippen LogP contribution in [0.15, 0.2) is 29.5 Å². The molecule has 23 heavy (non-hydrogen) atoms. The maximum Gasteiger partial charge on any atom is 0.255 e. The molecule has 7 nitrogen and oxygen atoms in total. The van der Waals surface area contributed by atoms with E-state index in [1.54, 1.807) is 19.4 Å². The molecule has 3 heterocycles. The van der Waals surface area contributed by atoms with Crippen LogP contribution in [0.1, 0.15) is 25.5 Å². The number of anilines is 2. The molecule has 0 atom stereocenters. The summed E-state index contributed by atoms with van der Waals surface area (Å²) in [5, 5.41) is 0. The van der Waals surface area contributed by atoms with Gasteiger partial charge in [0.05, 0.1) is 6.33 Å². The summed E-state index contributed by atoms with van der Waals surface area (Å²) in [5.41, 5.74) is 1.02. The molecule has 0 aromatic carbocycles. The molecular formula is C16H22N6O. The van der Waals surface area contributed by atoms with Gasteiger partial charge in [-0.05, 0) is 12.0 Å². The van der Waals surface area contributed by atoms with E-state index >= 15 is 0 Å². The van der Waals surface area contributed by atoms with Gasteiger partial charge in [0, 0.05) is 51.2 Å². The third kappa shape index (κ3) is 3.33. The Morgan fingerprint density at radius 3 is 2.43 bits per heavy atom. The monoisotopic (exact) mass is 314 g/mol. The summed E-state index contributed by atoms with van der Waals surface area (Å²) in [6.07, 6.45) is 3.39. The smallest absolute Gasteiger partial charge is 0.255 e. The number of piperazine rings is 1. The molecule has 2 aromatic rings. The van der Waals surface area contributed by atoms with Gasteiger partial charge in [0.15, 0.2) is 0 Å². The van der Waals surface area contributed by atoms with Gasteiger partial charge in [0.25, 0.3) is 5.56 Å². The highest BCUT2D eigenvalue weighted by molar-refractivity contribution is 5.41. The fourth-order valence-electron chi connectivity index (χ4n) is 2.60. The second-order valence-electron chi connectivity index (χ2n) is 6.11. The first-order chi connectivity index (χ1) is 11.0. The Morgan fingerprint density at radius 2 is 1.78 bits per heavy atom. The lowest BCUT2D eigenvalue weighted by molar-refractivity contribution is 0.628. The van der Waals surface area contributed by atoms with Crippen molar-refractivity contribution in [1.82, 2.24) is 19.5 Å². The summed E-state index contributed by atoms with van der Waals surface area (Å²) in [7, 11) is 1.70. The first-order valence-electron chi connectivity index (χ1n) is 7.90. The molecule has 1 fully saturated rings. The van der Waals surface area contributed by atoms with Crippen molar-refractivity contribution in [3.05, 3.63) is 40.7 Å². The molecule has 122 valence electrons. The van der Waals surface area contributed by atoms with Gasteiger partial charge in [0.2, 0.25) is 5.95 Å². The third-order valence-corrected chi connectivity index (χ3v) is 4.11. The van der Waals surface area contributed by atoms with Gasteiger partial charge >= 0.3 is 0 Å². The topological polar surface area (TPSA) is 67.2 Å². The summed E-state index contributed by atoms with van der Waals surface area (Å²) in [4.78, 5) is 29.4. The average molecular weight is 314 g/mol. The molecule has 0 N–H and O–H groups in total. The number of hydrogen-bond acceptors (Lipinski definition) is 6. The molecule has 2 aromatic heterocycles. The van der Waals surface area contributed by atoms with E-state index in [1.807, 2.05) is 12.3 Å². The molecule has 1 aliphatic rings. The third-order valence-electron chi connectivity index (χ3n) is 4.11. The van der Waals surface area contributed by atoms with Crippen molar-refractivity contribution in [2.24, 2.45) is 7.05 Å². The number of hydrogen-bond donors (Lipinski definition) is 0. The Labute approximate surface area is 135 Å². The Morgan fingerprint density at radius 1 is 1.09 bits per heavy atom. The Bertz CT molecular complexity index is 733. The van der Waals surface area contributed by atoms with Gasteiger partial charge in [0.1, 0.15) is 5.82 Å². The summed E-state index contributed by atoms with van der Waals surface area (Å²) >= 11 is 0. The van der Waals surface area contributed by atoms with Crippen LogP contribution in [-0.2, 0) is 7.05 Å². The molecule has 0 unspecified atom stereocenters. The largest absolute Gasteiger partial charge is 0.353 e. The molecule has 0 saturated carbocycles. The quantitative estimate of drug-likeness (QED) is 0.843. The van der Waals surface area contributed by atoms with E-state index in [0.29, 0.717) is 5.92 Å². The normalized spacial score (nSPS) is 15.3. The maximum atomic E-state index is 11.7. The zero-order chi connectivity index (χ0) is 16.4. The molecular weight excluding hydrogens is 292 g/mol. The van der Waals surface area contributed by atoms with E-state index in [1.165, 1.54) is 4.57 Å². The van der Waals surface area contributed by atoms with Gasteiger partial charge in [-0.15, -0.1) is 0 Å². The van der Waals surface area contributed by atoms with Crippen LogP contribution in [0.2, 0.25) is 0 Å². The Kier molecular flexibility index (Phi) is 4.27. The molecule has 0 amide bonds. The van der Waals surface area contributed by atoms with Crippen LogP contribution >= 0.6 is 0 Å². The van der Waals surface area contributed by atoms with Crippen molar-refractivity contribution in [2.45, 2.75) is 19.8 Å². The van der Waals surface area contributed by atoms with Gasteiger partial charge in [-0.3, -0.25) is 4.79 Å². The molecule has 3 rings (SSSR count). The van der Waals surface area contributed by atoms with E-state index in [-0.39, 0.29) is 5.56 Å². The zero-order valence-electron chi connectivity index (χ0n) is 13.8. The van der Waals surface area contributed by atoms with E-state index in [4.69, 9.17) is 0 Å². The van der Waals surface area contributed by atoms with Gasteiger partial charge in [-0.25, -0.2) is 15.0 Å². The summed E-state index contributed by atoms with van der Waals surface area (Å²) in [6.45, 7) is 7.50. The molecule has 0 aliphatic carbocycles. The van der Waals surface area contributed by atoms with E-state index in [9.17, 15) is 4.79 Å². The number of rotatable bonds is 3. The lowest BCUT2D eigenvalue weighted by Crippen LogP contribution is -2.47. The zero-order valence-corrected chi connectivity index (χ0v) is 13.8. The minimum atomic E-state index is -0.0367. The van der Waals surface area contributed by atoms with E-state index < -0.39 is 0 Å². The van der Waals surface area contributed by atoms with Crippen LogP contribution in [-0.4, -0.2) is 45.7 Å². The fourth-order valence-corrected chi connectivity index (χ4v) is 2.60. The molecule has 0 radical (unpaired) electrons. The van der Waals surface area contributed by atoms with Crippen LogP contribution in [0.25, 0.3) is 0 Å². The predicted molar refractivity (Wildman–Crippen MR) is 90.0 cm³/mol. The second-order valence-corrected chi connectivity index (χ2v) is 6.11. The molecule has 0 bridgehead atoms. The van der Waals surface area contributed by atoms with E-state index in [2.05, 4.69) is 38.6 Å². The van der Waals surface area contributed by atoms with Gasteiger partial charge < -0.3 is 14.4 Å². The van der Waals surface area contributed by atoms with Crippen LogP contribution in [0, 0.1) is 0 Å². The molecule has 0 spiro atoms. The molecule has 7 heteroatoms. The lowest BCUT2D eigenvalue weighted by Gasteiger charge is -2.35. The van der Waals surface area contributed by atoms with Crippen molar-refractivity contribution in [3.63, 3.8) is 0 Å². The van der Waals surface area contributed by atoms with Crippen molar-refractivity contribution in [3.8, 4) is 0 Å². The molecule has 1 aliphatic heterocycles. The van der Waals surface area contributed by atoms with Gasteiger partial charge in [-0.1, -0.05) is 13.8 Å². The number of aryl methyl sites for hydroxylation is 1. The summed E-state index contributed by atoms with van der Waals surface area (Å²) < 4.78 is 1.48. The minimum Gasteiger partial charge on any atom is -0.353 e. The SMILES string of the molecule is CC(C)c1ccnc(N2CCN(c3cc(=O)n(C)cn3)CC2)n1. The van der Waals surface area contributed by atoms with E-state index in [0.717, 1.165) is 43.6 Å². The van der Waals surface area contributed by atoms with Crippen LogP contribution in [0.3, 0.4) is 0 Å². The first kappa shape index (κ1) is 15.5. The minimum absolute atomic E-state index is 0.0367. The van der Waals surface area contributed by atoms with Crippen molar-refractivity contribution in [1.29, 1.82) is 0 Å². The summed E-state index contributed by atoms with van der Waals surface area (Å²) in [6, 6.07) is 3.56. The van der Waals surface area contributed by atoms with Crippen molar-refractivity contribution >= 4 is 11.8 Å². The molecule has 1 saturated heterocycles. The highest BCUT2D eigenvalue weighted by Gasteiger charge is 2.20. The Hall–Kier alpha value is -2.44. The summed E-state index contributed by atoms with van der Waals surface area (Å²) in [5.74, 6) is 1.92. The van der Waals surface area contributed by atoms with Crippen LogP contribution in [0.4, 0.5) is 11.8 Å². The first-order valence-corrected chi connectivity index (χ1v) is 7.90. The van der Waals surface area contributed by atoms with Crippen molar-refractivity contribution < 1.29 is 0 Å². The predicted octanol–water partition coefficient (Wildman–Crippen LogP) is 1.02. The van der Waals surface area contributed by atoms with Crippen LogP contribution in [0.5, 0.6) is 0 Å². The highest BCUT2D eigenvalue weighted by Crippen LogP contribution is 2.17. The standard InChI is InChI=1S/C16H22N6O/c1-12(2)13-4-5-17-16(19-13)22-8-6-21(7-9-22)14-10-15(23)20(3)11-18-14/h4-5,10-12H,6-9H2,1-3H3. The second kappa shape index (κ2) is 6.36.